The lowest BCUT2D eigenvalue weighted by molar-refractivity contribution is -0.127. The molecule has 0 aromatic heterocycles. The third-order valence-corrected chi connectivity index (χ3v) is 2.58. The van der Waals surface area contributed by atoms with Crippen molar-refractivity contribution >= 4 is 17.9 Å². The Morgan fingerprint density at radius 1 is 1.24 bits per heavy atom. The third kappa shape index (κ3) is 2.55. The molecule has 0 aliphatic rings. The maximum absolute atomic E-state index is 11.1. The second-order valence-electron chi connectivity index (χ2n) is 3.52. The largest absolute Gasteiger partial charge is 0.496 e. The zero-order valence-corrected chi connectivity index (χ0v) is 10.3. The fourth-order valence-electron chi connectivity index (χ4n) is 1.59. The van der Waals surface area contributed by atoms with E-state index in [1.54, 1.807) is 13.2 Å². The number of ether oxygens (including phenoxy) is 2. The number of hydrogen-bond donors (Lipinski definition) is 1. The SMILES string of the molecule is COc1cc(NC(=O)C=O)c(OC)c(C)c1C. The quantitative estimate of drug-likeness (QED) is 0.636. The molecule has 1 aromatic rings. The average molecular weight is 237 g/mol. The van der Waals surface area contributed by atoms with Gasteiger partial charge in [-0.2, -0.15) is 0 Å². The van der Waals surface area contributed by atoms with Gasteiger partial charge in [0.25, 0.3) is 5.91 Å². The lowest BCUT2D eigenvalue weighted by Crippen LogP contribution is -2.13. The fraction of sp³-hybridized carbons (Fsp3) is 0.333. The van der Waals surface area contributed by atoms with Gasteiger partial charge in [-0.3, -0.25) is 9.59 Å². The summed E-state index contributed by atoms with van der Waals surface area (Å²) < 4.78 is 10.4. The summed E-state index contributed by atoms with van der Waals surface area (Å²) in [4.78, 5) is 21.4. The molecule has 0 fully saturated rings. The Morgan fingerprint density at radius 2 is 1.88 bits per heavy atom. The summed E-state index contributed by atoms with van der Waals surface area (Å²) in [6.07, 6.45) is 0.209. The van der Waals surface area contributed by atoms with Crippen LogP contribution < -0.4 is 14.8 Å². The number of anilines is 1. The predicted octanol–water partition coefficient (Wildman–Crippen LogP) is 1.46. The van der Waals surface area contributed by atoms with Crippen LogP contribution in [0, 0.1) is 13.8 Å². The summed E-state index contributed by atoms with van der Waals surface area (Å²) in [6, 6.07) is 1.63. The first kappa shape index (κ1) is 13.0. The van der Waals surface area contributed by atoms with Gasteiger partial charge in [-0.05, 0) is 25.0 Å². The van der Waals surface area contributed by atoms with E-state index in [-0.39, 0.29) is 6.29 Å². The summed E-state index contributed by atoms with van der Waals surface area (Å²) in [5.41, 5.74) is 2.20. The molecule has 17 heavy (non-hydrogen) atoms. The second kappa shape index (κ2) is 5.34. The van der Waals surface area contributed by atoms with Crippen LogP contribution in [0.4, 0.5) is 5.69 Å². The van der Waals surface area contributed by atoms with Crippen LogP contribution in [0.3, 0.4) is 0 Å². The smallest absolute Gasteiger partial charge is 0.288 e. The molecule has 0 heterocycles. The molecule has 0 bridgehead atoms. The van der Waals surface area contributed by atoms with Crippen LogP contribution in [0.1, 0.15) is 11.1 Å². The van der Waals surface area contributed by atoms with Crippen molar-refractivity contribution < 1.29 is 19.1 Å². The molecule has 1 rings (SSSR count). The highest BCUT2D eigenvalue weighted by Gasteiger charge is 2.15. The number of methoxy groups -OCH3 is 2. The fourth-order valence-corrected chi connectivity index (χ4v) is 1.59. The Labute approximate surface area is 99.7 Å². The van der Waals surface area contributed by atoms with Crippen molar-refractivity contribution in [1.82, 2.24) is 0 Å². The molecule has 0 spiro atoms. The van der Waals surface area contributed by atoms with E-state index in [1.807, 2.05) is 13.8 Å². The van der Waals surface area contributed by atoms with Crippen molar-refractivity contribution in [3.8, 4) is 11.5 Å². The molecule has 0 saturated heterocycles. The van der Waals surface area contributed by atoms with Gasteiger partial charge in [0, 0.05) is 6.07 Å². The number of carbonyl (C=O) groups excluding carboxylic acids is 2. The van der Waals surface area contributed by atoms with Gasteiger partial charge in [-0.25, -0.2) is 0 Å². The van der Waals surface area contributed by atoms with Crippen molar-refractivity contribution in [2.75, 3.05) is 19.5 Å². The highest BCUT2D eigenvalue weighted by Crippen LogP contribution is 2.36. The van der Waals surface area contributed by atoms with Gasteiger partial charge < -0.3 is 14.8 Å². The predicted molar refractivity (Wildman–Crippen MR) is 63.7 cm³/mol. The minimum atomic E-state index is -0.728. The number of benzene rings is 1. The van der Waals surface area contributed by atoms with Gasteiger partial charge in [0.2, 0.25) is 6.29 Å². The number of carbonyl (C=O) groups is 2. The van der Waals surface area contributed by atoms with Crippen molar-refractivity contribution in [1.29, 1.82) is 0 Å². The topological polar surface area (TPSA) is 64.6 Å². The molecule has 0 unspecified atom stereocenters. The number of aldehydes is 1. The van der Waals surface area contributed by atoms with Crippen LogP contribution >= 0.6 is 0 Å². The van der Waals surface area contributed by atoms with Gasteiger partial charge in [0.15, 0.2) is 0 Å². The van der Waals surface area contributed by atoms with E-state index in [2.05, 4.69) is 5.32 Å². The van der Waals surface area contributed by atoms with Crippen molar-refractivity contribution in [3.63, 3.8) is 0 Å². The Morgan fingerprint density at radius 3 is 2.35 bits per heavy atom. The zero-order valence-electron chi connectivity index (χ0n) is 10.3. The summed E-state index contributed by atoms with van der Waals surface area (Å²) >= 11 is 0. The van der Waals surface area contributed by atoms with E-state index in [0.29, 0.717) is 17.2 Å². The number of amides is 1. The Bertz CT molecular complexity index is 454. The highest BCUT2D eigenvalue weighted by molar-refractivity contribution is 6.29. The first-order chi connectivity index (χ1) is 8.04. The Kier molecular flexibility index (Phi) is 4.09. The van der Waals surface area contributed by atoms with E-state index in [0.717, 1.165) is 11.1 Å². The minimum absolute atomic E-state index is 0.209. The lowest BCUT2D eigenvalue weighted by atomic mass is 10.1. The monoisotopic (exact) mass is 237 g/mol. The maximum Gasteiger partial charge on any atom is 0.288 e. The first-order valence-corrected chi connectivity index (χ1v) is 5.03. The molecule has 1 N–H and O–H groups in total. The number of hydrogen-bond acceptors (Lipinski definition) is 4. The van der Waals surface area contributed by atoms with Crippen LogP contribution in [0.25, 0.3) is 0 Å². The van der Waals surface area contributed by atoms with Crippen LogP contribution in [0.5, 0.6) is 11.5 Å². The number of rotatable bonds is 4. The molecule has 0 aliphatic carbocycles. The van der Waals surface area contributed by atoms with E-state index in [9.17, 15) is 9.59 Å². The highest BCUT2D eigenvalue weighted by atomic mass is 16.5. The molecule has 5 heteroatoms. The Hall–Kier alpha value is -2.04. The van der Waals surface area contributed by atoms with Crippen LogP contribution in [0.2, 0.25) is 0 Å². The zero-order chi connectivity index (χ0) is 13.0. The first-order valence-electron chi connectivity index (χ1n) is 5.03. The average Bonchev–Trinajstić information content (AvgIpc) is 2.33. The van der Waals surface area contributed by atoms with E-state index < -0.39 is 5.91 Å². The second-order valence-corrected chi connectivity index (χ2v) is 3.52. The Balaban J connectivity index is 3.31. The number of nitrogens with one attached hydrogen (secondary N) is 1. The van der Waals surface area contributed by atoms with E-state index in [1.165, 1.54) is 7.11 Å². The van der Waals surface area contributed by atoms with Gasteiger partial charge >= 0.3 is 0 Å². The summed E-state index contributed by atoms with van der Waals surface area (Å²) in [6.45, 7) is 3.75. The van der Waals surface area contributed by atoms with Crippen LogP contribution in [0.15, 0.2) is 6.07 Å². The molecule has 1 aromatic carbocycles. The normalized spacial score (nSPS) is 9.65. The molecular formula is C12H15NO4. The van der Waals surface area contributed by atoms with Crippen molar-refractivity contribution in [2.45, 2.75) is 13.8 Å². The maximum atomic E-state index is 11.1. The summed E-state index contributed by atoms with van der Waals surface area (Å²) in [5.74, 6) is 0.427. The van der Waals surface area contributed by atoms with E-state index >= 15 is 0 Å². The molecule has 0 atom stereocenters. The van der Waals surface area contributed by atoms with Gasteiger partial charge in [0.05, 0.1) is 19.9 Å². The van der Waals surface area contributed by atoms with Crippen LogP contribution in [-0.2, 0) is 9.59 Å². The molecule has 92 valence electrons. The van der Waals surface area contributed by atoms with E-state index in [4.69, 9.17) is 9.47 Å². The standard InChI is InChI=1S/C12H15NO4/c1-7-8(2)12(17-4)9(5-10(7)16-3)13-11(15)6-14/h5-6H,1-4H3,(H,13,15). The molecule has 5 nitrogen and oxygen atoms in total. The molecule has 0 aliphatic heterocycles. The van der Waals surface area contributed by atoms with Crippen molar-refractivity contribution in [3.05, 3.63) is 17.2 Å². The summed E-state index contributed by atoms with van der Waals surface area (Å²) in [7, 11) is 3.05. The molecular weight excluding hydrogens is 222 g/mol. The summed E-state index contributed by atoms with van der Waals surface area (Å²) in [5, 5.41) is 2.44. The minimum Gasteiger partial charge on any atom is -0.496 e. The van der Waals surface area contributed by atoms with Gasteiger partial charge in [-0.1, -0.05) is 0 Å². The molecule has 1 amide bonds. The van der Waals surface area contributed by atoms with Gasteiger partial charge in [-0.15, -0.1) is 0 Å². The lowest BCUT2D eigenvalue weighted by Gasteiger charge is -2.16. The van der Waals surface area contributed by atoms with Gasteiger partial charge in [0.1, 0.15) is 11.5 Å². The third-order valence-electron chi connectivity index (χ3n) is 2.58. The molecule has 0 radical (unpaired) electrons. The van der Waals surface area contributed by atoms with Crippen molar-refractivity contribution in [2.24, 2.45) is 0 Å². The molecule has 0 saturated carbocycles. The van der Waals surface area contributed by atoms with Crippen LogP contribution in [-0.4, -0.2) is 26.4 Å².